The molecule has 0 spiro atoms. The molecule has 1 aromatic carbocycles. The van der Waals surface area contributed by atoms with Crippen molar-refractivity contribution in [3.63, 3.8) is 0 Å². The normalized spacial score (nSPS) is 17.0. The van der Waals surface area contributed by atoms with E-state index >= 15 is 0 Å². The van der Waals surface area contributed by atoms with E-state index in [4.69, 9.17) is 5.73 Å². The Hall–Kier alpha value is -1.72. The molecule has 1 atom stereocenters. The third-order valence-electron chi connectivity index (χ3n) is 4.06. The minimum Gasteiger partial charge on any atom is -0.364 e. The minimum absolute atomic E-state index is 0.341. The zero-order valence-corrected chi connectivity index (χ0v) is 12.9. The summed E-state index contributed by atoms with van der Waals surface area (Å²) < 4.78 is 0. The van der Waals surface area contributed by atoms with Crippen LogP contribution in [0.2, 0.25) is 0 Å². The minimum atomic E-state index is -0.473. The number of likely N-dealkylation sites (tertiary alicyclic amines) is 1. The molecule has 1 saturated heterocycles. The molecule has 0 saturated carbocycles. The number of aromatic nitrogens is 1. The largest absolute Gasteiger partial charge is 0.364 e. The Kier molecular flexibility index (Phi) is 4.03. The van der Waals surface area contributed by atoms with Gasteiger partial charge in [-0.05, 0) is 44.5 Å². The van der Waals surface area contributed by atoms with Crippen LogP contribution in [0.1, 0.15) is 41.9 Å². The van der Waals surface area contributed by atoms with E-state index in [2.05, 4.69) is 35.0 Å². The van der Waals surface area contributed by atoms with E-state index in [0.29, 0.717) is 11.7 Å². The van der Waals surface area contributed by atoms with Gasteiger partial charge in [0, 0.05) is 17.0 Å². The van der Waals surface area contributed by atoms with Gasteiger partial charge in [-0.2, -0.15) is 0 Å². The molecule has 1 amide bonds. The Morgan fingerprint density at radius 3 is 2.81 bits per heavy atom. The molecular weight excluding hydrogens is 282 g/mol. The highest BCUT2D eigenvalue weighted by Crippen LogP contribution is 2.29. The molecule has 2 aromatic rings. The second kappa shape index (κ2) is 5.95. The smallest absolute Gasteiger partial charge is 0.268 e. The van der Waals surface area contributed by atoms with E-state index in [1.807, 2.05) is 6.07 Å². The van der Waals surface area contributed by atoms with E-state index in [0.717, 1.165) is 10.6 Å². The lowest BCUT2D eigenvalue weighted by Gasteiger charge is -2.24. The van der Waals surface area contributed by atoms with Crippen LogP contribution < -0.4 is 5.73 Å². The van der Waals surface area contributed by atoms with E-state index in [9.17, 15) is 4.79 Å². The number of hydrogen-bond acceptors (Lipinski definition) is 4. The lowest BCUT2D eigenvalue weighted by molar-refractivity contribution is 0.0996. The molecule has 0 radical (unpaired) electrons. The van der Waals surface area contributed by atoms with Crippen LogP contribution in [-0.4, -0.2) is 28.9 Å². The summed E-state index contributed by atoms with van der Waals surface area (Å²) >= 11 is 1.46. The number of nitrogens with zero attached hydrogens (tertiary/aromatic N) is 2. The Morgan fingerprint density at radius 2 is 2.14 bits per heavy atom. The summed E-state index contributed by atoms with van der Waals surface area (Å²) in [5.74, 6) is -0.473. The summed E-state index contributed by atoms with van der Waals surface area (Å²) in [7, 11) is 0. The van der Waals surface area contributed by atoms with Gasteiger partial charge in [0.05, 0.1) is 0 Å². The zero-order chi connectivity index (χ0) is 14.8. The SMILES string of the molecule is CC(c1cccc(-c2nc(C(N)=O)cs2)c1)N1CCCC1. The van der Waals surface area contributed by atoms with Crippen LogP contribution in [0.25, 0.3) is 10.6 Å². The van der Waals surface area contributed by atoms with Crippen molar-refractivity contribution < 1.29 is 4.79 Å². The van der Waals surface area contributed by atoms with Crippen molar-refractivity contribution in [1.29, 1.82) is 0 Å². The molecule has 0 bridgehead atoms. The van der Waals surface area contributed by atoms with Gasteiger partial charge in [0.25, 0.3) is 5.91 Å². The number of carbonyl (C=O) groups is 1. The van der Waals surface area contributed by atoms with Crippen LogP contribution in [0.15, 0.2) is 29.6 Å². The molecule has 2 N–H and O–H groups in total. The van der Waals surface area contributed by atoms with Gasteiger partial charge < -0.3 is 5.73 Å². The molecule has 5 heteroatoms. The van der Waals surface area contributed by atoms with Crippen LogP contribution in [-0.2, 0) is 0 Å². The number of hydrogen-bond donors (Lipinski definition) is 1. The standard InChI is InChI=1S/C16H19N3OS/c1-11(19-7-2-3-8-19)12-5-4-6-13(9-12)16-18-14(10-21-16)15(17)20/h4-6,9-11H,2-3,7-8H2,1H3,(H2,17,20). The van der Waals surface area contributed by atoms with Gasteiger partial charge in [-0.15, -0.1) is 11.3 Å². The molecular formula is C16H19N3OS. The summed E-state index contributed by atoms with van der Waals surface area (Å²) in [5.41, 5.74) is 7.95. The average molecular weight is 301 g/mol. The third-order valence-corrected chi connectivity index (χ3v) is 4.95. The maximum Gasteiger partial charge on any atom is 0.268 e. The molecule has 1 aliphatic heterocycles. The second-order valence-electron chi connectivity index (χ2n) is 5.45. The average Bonchev–Trinajstić information content (AvgIpc) is 3.18. The highest BCUT2D eigenvalue weighted by Gasteiger charge is 2.20. The summed E-state index contributed by atoms with van der Waals surface area (Å²) in [4.78, 5) is 18.0. The number of nitrogens with two attached hydrogens (primary N) is 1. The number of carbonyl (C=O) groups excluding carboxylic acids is 1. The van der Waals surface area contributed by atoms with Gasteiger partial charge in [-0.25, -0.2) is 4.98 Å². The van der Waals surface area contributed by atoms with Crippen molar-refractivity contribution >= 4 is 17.2 Å². The van der Waals surface area contributed by atoms with E-state index in [-0.39, 0.29) is 0 Å². The van der Waals surface area contributed by atoms with Gasteiger partial charge >= 0.3 is 0 Å². The van der Waals surface area contributed by atoms with Crippen molar-refractivity contribution in [2.45, 2.75) is 25.8 Å². The fourth-order valence-electron chi connectivity index (χ4n) is 2.79. The summed E-state index contributed by atoms with van der Waals surface area (Å²) in [6.07, 6.45) is 2.58. The molecule has 0 aliphatic carbocycles. The molecule has 1 aliphatic rings. The molecule has 21 heavy (non-hydrogen) atoms. The molecule has 4 nitrogen and oxygen atoms in total. The lowest BCUT2D eigenvalue weighted by Crippen LogP contribution is -2.23. The van der Waals surface area contributed by atoms with E-state index in [1.165, 1.54) is 42.8 Å². The van der Waals surface area contributed by atoms with Crippen molar-refractivity contribution in [1.82, 2.24) is 9.88 Å². The topological polar surface area (TPSA) is 59.2 Å². The molecule has 1 fully saturated rings. The monoisotopic (exact) mass is 301 g/mol. The van der Waals surface area contributed by atoms with E-state index in [1.54, 1.807) is 5.38 Å². The molecule has 2 heterocycles. The van der Waals surface area contributed by atoms with Crippen molar-refractivity contribution in [2.24, 2.45) is 5.73 Å². The first-order valence-electron chi connectivity index (χ1n) is 7.25. The van der Waals surface area contributed by atoms with Crippen molar-refractivity contribution in [2.75, 3.05) is 13.1 Å². The maximum absolute atomic E-state index is 11.2. The number of primary amides is 1. The van der Waals surface area contributed by atoms with Crippen LogP contribution in [0.3, 0.4) is 0 Å². The Morgan fingerprint density at radius 1 is 1.38 bits per heavy atom. The number of amides is 1. The first-order chi connectivity index (χ1) is 10.1. The molecule has 1 unspecified atom stereocenters. The highest BCUT2D eigenvalue weighted by atomic mass is 32.1. The van der Waals surface area contributed by atoms with Crippen LogP contribution >= 0.6 is 11.3 Å². The van der Waals surface area contributed by atoms with Gasteiger partial charge in [0.2, 0.25) is 0 Å². The number of benzene rings is 1. The summed E-state index contributed by atoms with van der Waals surface area (Å²) in [6.45, 7) is 4.60. The quantitative estimate of drug-likeness (QED) is 0.944. The van der Waals surface area contributed by atoms with Crippen LogP contribution in [0.4, 0.5) is 0 Å². The summed E-state index contributed by atoms with van der Waals surface area (Å²) in [5, 5.41) is 2.56. The van der Waals surface area contributed by atoms with Gasteiger partial charge in [0.15, 0.2) is 0 Å². The Balaban J connectivity index is 1.86. The number of rotatable bonds is 4. The fraction of sp³-hybridized carbons (Fsp3) is 0.375. The predicted molar refractivity (Wildman–Crippen MR) is 85.3 cm³/mol. The first kappa shape index (κ1) is 14.2. The van der Waals surface area contributed by atoms with Gasteiger partial charge in [0.1, 0.15) is 10.7 Å². The third kappa shape index (κ3) is 2.99. The van der Waals surface area contributed by atoms with Gasteiger partial charge in [-0.1, -0.05) is 18.2 Å². The first-order valence-corrected chi connectivity index (χ1v) is 8.13. The van der Waals surface area contributed by atoms with Crippen LogP contribution in [0, 0.1) is 0 Å². The predicted octanol–water partition coefficient (Wildman–Crippen LogP) is 3.07. The second-order valence-corrected chi connectivity index (χ2v) is 6.30. The van der Waals surface area contributed by atoms with Crippen LogP contribution in [0.5, 0.6) is 0 Å². The van der Waals surface area contributed by atoms with Gasteiger partial charge in [-0.3, -0.25) is 9.69 Å². The summed E-state index contributed by atoms with van der Waals surface area (Å²) in [6, 6.07) is 8.84. The molecule has 3 rings (SSSR count). The van der Waals surface area contributed by atoms with Crippen molar-refractivity contribution in [3.8, 4) is 10.6 Å². The molecule has 1 aromatic heterocycles. The molecule has 110 valence electrons. The van der Waals surface area contributed by atoms with Crippen molar-refractivity contribution in [3.05, 3.63) is 40.9 Å². The zero-order valence-electron chi connectivity index (χ0n) is 12.1. The Bertz CT molecular complexity index is 646. The fourth-order valence-corrected chi connectivity index (χ4v) is 3.60. The number of thiazole rings is 1. The maximum atomic E-state index is 11.2. The highest BCUT2D eigenvalue weighted by molar-refractivity contribution is 7.13. The van der Waals surface area contributed by atoms with E-state index < -0.39 is 5.91 Å². The lowest BCUT2D eigenvalue weighted by atomic mass is 10.0. The Labute approximate surface area is 128 Å².